The lowest BCUT2D eigenvalue weighted by atomic mass is 9.68. The number of allylic oxidation sites excluding steroid dienone is 1. The van der Waals surface area contributed by atoms with E-state index in [9.17, 15) is 24.0 Å². The molecule has 1 spiro atoms. The minimum Gasteiger partial charge on any atom is -0.460 e. The molecule has 2 saturated carbocycles. The standard InChI is InChI=1S/C46H71N5O9/c1-28(2)14-19-38-45(7,60-38)43-42(57-8)37(20-21-46(43)27-58-46)59-40(54)24-32-15-17-33(18-16-32)49-39(53)26-48-51-35(22-29(3)4)44(56)50-34(23-31-12-10-9-11-13-31)41(55)36(52)25-47-30(5)6/h9-14,29-30,32-35,37-38,42-43,47-48,51H,15-27H2,1-8H3,(H,49,53)(H,50,56)/t32?,33?,34-,35?,37?,38+,42?,43?,45+,46-/m0/s1. The Bertz CT molecular complexity index is 1650. The van der Waals surface area contributed by atoms with Crippen molar-refractivity contribution in [3.05, 3.63) is 47.5 Å². The number of epoxide rings is 2. The monoisotopic (exact) mass is 838 g/mol. The van der Waals surface area contributed by atoms with Gasteiger partial charge in [0.2, 0.25) is 23.4 Å². The largest absolute Gasteiger partial charge is 0.460 e. The second kappa shape index (κ2) is 21.5. The third kappa shape index (κ3) is 13.2. The minimum absolute atomic E-state index is 0.0212. The third-order valence-electron chi connectivity index (χ3n) is 12.6. The van der Waals surface area contributed by atoms with E-state index in [0.717, 1.165) is 44.1 Å². The van der Waals surface area contributed by atoms with Crippen molar-refractivity contribution in [3.63, 3.8) is 0 Å². The highest BCUT2D eigenvalue weighted by atomic mass is 16.6. The van der Waals surface area contributed by atoms with Crippen molar-refractivity contribution < 1.29 is 42.9 Å². The average molecular weight is 838 g/mol. The second-order valence-corrected chi connectivity index (χ2v) is 18.6. The fourth-order valence-electron chi connectivity index (χ4n) is 9.18. The normalized spacial score (nSPS) is 29.4. The number of methoxy groups -OCH3 is 1. The van der Waals surface area contributed by atoms with E-state index in [-0.39, 0.29) is 85.1 Å². The number of hydrazine groups is 1. The molecule has 5 rings (SSSR count). The van der Waals surface area contributed by atoms with E-state index in [2.05, 4.69) is 53.6 Å². The fraction of sp³-hybridized carbons (Fsp3) is 0.717. The highest BCUT2D eigenvalue weighted by Crippen LogP contribution is 2.59. The van der Waals surface area contributed by atoms with Gasteiger partial charge in [0.25, 0.3) is 0 Å². The second-order valence-electron chi connectivity index (χ2n) is 18.6. The van der Waals surface area contributed by atoms with Gasteiger partial charge in [-0.2, -0.15) is 0 Å². The summed E-state index contributed by atoms with van der Waals surface area (Å²) in [6, 6.07) is 7.44. The Hall–Kier alpha value is -3.53. The predicted octanol–water partition coefficient (Wildman–Crippen LogP) is 4.04. The van der Waals surface area contributed by atoms with Crippen LogP contribution in [0.1, 0.15) is 112 Å². The highest BCUT2D eigenvalue weighted by Gasteiger charge is 2.72. The van der Waals surface area contributed by atoms with E-state index >= 15 is 0 Å². The lowest BCUT2D eigenvalue weighted by Gasteiger charge is -2.42. The van der Waals surface area contributed by atoms with Gasteiger partial charge in [-0.15, -0.1) is 0 Å². The van der Waals surface area contributed by atoms with Crippen LogP contribution in [0.25, 0.3) is 0 Å². The summed E-state index contributed by atoms with van der Waals surface area (Å²) in [4.78, 5) is 66.0. The molecule has 2 heterocycles. The maximum Gasteiger partial charge on any atom is 0.306 e. The SMILES string of the molecule is COC1C(OC(=O)CC2CCC(NC(=O)CNNC(CC(C)C)C(=O)N[C@@H](Cc3ccccc3)C(=O)C(=O)CNC(C)C)CC2)CC[C@]2(CO2)C1[C@]1(C)O[C@@H]1CC=C(C)C. The van der Waals surface area contributed by atoms with Gasteiger partial charge in [0, 0.05) is 32.0 Å². The number of carbonyl (C=O) groups excluding carboxylic acids is 5. The Balaban J connectivity index is 1.05. The van der Waals surface area contributed by atoms with Crippen LogP contribution in [0.4, 0.5) is 0 Å². The molecule has 4 unspecified atom stereocenters. The van der Waals surface area contributed by atoms with Gasteiger partial charge in [-0.05, 0) is 89.5 Å². The van der Waals surface area contributed by atoms with Crippen LogP contribution in [0.5, 0.6) is 0 Å². The van der Waals surface area contributed by atoms with Crippen LogP contribution < -0.4 is 26.8 Å². The first-order valence-electron chi connectivity index (χ1n) is 22.1. The predicted molar refractivity (Wildman–Crippen MR) is 228 cm³/mol. The van der Waals surface area contributed by atoms with Gasteiger partial charge >= 0.3 is 5.97 Å². The van der Waals surface area contributed by atoms with E-state index < -0.39 is 35.2 Å². The van der Waals surface area contributed by atoms with Crippen molar-refractivity contribution in [2.75, 3.05) is 26.8 Å². The molecule has 1 aromatic carbocycles. The molecule has 0 bridgehead atoms. The van der Waals surface area contributed by atoms with E-state index in [1.165, 1.54) is 5.57 Å². The first-order chi connectivity index (χ1) is 28.5. The van der Waals surface area contributed by atoms with Crippen LogP contribution in [0.3, 0.4) is 0 Å². The number of ether oxygens (including phenoxy) is 4. The van der Waals surface area contributed by atoms with Crippen molar-refractivity contribution in [1.82, 2.24) is 26.8 Å². The zero-order valence-electron chi connectivity index (χ0n) is 37.1. The van der Waals surface area contributed by atoms with Crippen molar-refractivity contribution in [1.29, 1.82) is 0 Å². The van der Waals surface area contributed by atoms with Crippen LogP contribution in [-0.2, 0) is 49.3 Å². The molecule has 0 radical (unpaired) electrons. The van der Waals surface area contributed by atoms with Crippen molar-refractivity contribution in [2.45, 2.75) is 166 Å². The number of rotatable bonds is 23. The third-order valence-corrected chi connectivity index (χ3v) is 12.6. The summed E-state index contributed by atoms with van der Waals surface area (Å²) in [5.41, 5.74) is 7.30. The molecular weight excluding hydrogens is 767 g/mol. The van der Waals surface area contributed by atoms with E-state index in [0.29, 0.717) is 25.9 Å². The van der Waals surface area contributed by atoms with Gasteiger partial charge in [-0.25, -0.2) is 10.9 Å². The molecule has 5 N–H and O–H groups in total. The van der Waals surface area contributed by atoms with Crippen molar-refractivity contribution >= 4 is 29.4 Å². The quantitative estimate of drug-likeness (QED) is 0.0351. The van der Waals surface area contributed by atoms with E-state index in [1.54, 1.807) is 7.11 Å². The smallest absolute Gasteiger partial charge is 0.306 e. The molecule has 2 saturated heterocycles. The minimum atomic E-state index is -1.04. The van der Waals surface area contributed by atoms with Crippen LogP contribution >= 0.6 is 0 Å². The van der Waals surface area contributed by atoms with Crippen LogP contribution in [0, 0.1) is 17.8 Å². The Morgan fingerprint density at radius 3 is 2.27 bits per heavy atom. The summed E-state index contributed by atoms with van der Waals surface area (Å²) in [5.74, 6) is -1.88. The Labute approximate surface area is 356 Å². The molecule has 14 nitrogen and oxygen atoms in total. The van der Waals surface area contributed by atoms with Gasteiger partial charge in [0.1, 0.15) is 29.5 Å². The maximum absolute atomic E-state index is 13.6. The highest BCUT2D eigenvalue weighted by molar-refractivity contribution is 6.40. The average Bonchev–Trinajstić information content (AvgIpc) is 4.12. The van der Waals surface area contributed by atoms with Gasteiger partial charge in [0.15, 0.2) is 0 Å². The number of nitrogens with one attached hydrogen (secondary N) is 5. The van der Waals surface area contributed by atoms with Crippen LogP contribution in [0.15, 0.2) is 42.0 Å². The molecule has 4 aliphatic rings. The lowest BCUT2D eigenvalue weighted by Crippen LogP contribution is -2.57. The van der Waals surface area contributed by atoms with Gasteiger partial charge in [-0.3, -0.25) is 24.0 Å². The first-order valence-corrected chi connectivity index (χ1v) is 22.1. The number of ketones is 2. The Morgan fingerprint density at radius 1 is 0.950 bits per heavy atom. The molecule has 2 amide bonds. The first kappa shape index (κ1) is 47.5. The number of carbonyl (C=O) groups is 5. The Morgan fingerprint density at radius 2 is 1.65 bits per heavy atom. The van der Waals surface area contributed by atoms with E-state index in [4.69, 9.17) is 18.9 Å². The van der Waals surface area contributed by atoms with Gasteiger partial charge < -0.3 is 34.9 Å². The molecule has 2 aliphatic heterocycles. The fourth-order valence-corrected chi connectivity index (χ4v) is 9.18. The van der Waals surface area contributed by atoms with Gasteiger partial charge in [0.05, 0.1) is 37.8 Å². The molecule has 60 heavy (non-hydrogen) atoms. The summed E-state index contributed by atoms with van der Waals surface area (Å²) >= 11 is 0. The number of hydrogen-bond acceptors (Lipinski definition) is 12. The van der Waals surface area contributed by atoms with Crippen LogP contribution in [-0.4, -0.2) is 110 Å². The zero-order chi connectivity index (χ0) is 43.6. The molecular formula is C46H71N5O9. The van der Waals surface area contributed by atoms with Crippen LogP contribution in [0.2, 0.25) is 0 Å². The number of Topliss-reactive ketones (excluding diaryl/α,β-unsaturated/α-hetero) is 2. The van der Waals surface area contributed by atoms with Crippen molar-refractivity contribution in [2.24, 2.45) is 17.8 Å². The summed E-state index contributed by atoms with van der Waals surface area (Å²) < 4.78 is 24.6. The van der Waals surface area contributed by atoms with E-state index in [1.807, 2.05) is 58.0 Å². The molecule has 334 valence electrons. The summed E-state index contributed by atoms with van der Waals surface area (Å²) in [6.07, 6.45) is 7.92. The molecule has 0 aromatic heterocycles. The molecule has 8 atom stereocenters. The molecule has 1 aromatic rings. The topological polar surface area (TPSA) is 189 Å². The zero-order valence-corrected chi connectivity index (χ0v) is 37.1. The molecule has 2 aliphatic carbocycles. The van der Waals surface area contributed by atoms with Crippen molar-refractivity contribution in [3.8, 4) is 0 Å². The number of hydrogen-bond donors (Lipinski definition) is 5. The number of amides is 2. The summed E-state index contributed by atoms with van der Waals surface area (Å²) in [6.45, 7) is 14.5. The summed E-state index contributed by atoms with van der Waals surface area (Å²) in [7, 11) is 1.68. The van der Waals surface area contributed by atoms with Gasteiger partial charge in [-0.1, -0.05) is 69.7 Å². The maximum atomic E-state index is 13.6. The lowest BCUT2D eigenvalue weighted by molar-refractivity contribution is -0.173. The number of esters is 1. The molecule has 4 fully saturated rings. The summed E-state index contributed by atoms with van der Waals surface area (Å²) in [5, 5.41) is 8.89. The Kier molecular flexibility index (Phi) is 17.0. The number of benzene rings is 1. The molecule has 14 heteroatoms.